The largest absolute Gasteiger partial charge is 0.301 e. The van der Waals surface area contributed by atoms with Gasteiger partial charge in [0.05, 0.1) is 6.17 Å². The highest BCUT2D eigenvalue weighted by Crippen LogP contribution is 2.32. The summed E-state index contributed by atoms with van der Waals surface area (Å²) in [7, 11) is -1.34. The van der Waals surface area contributed by atoms with E-state index in [0.717, 1.165) is 32.4 Å². The number of hydrogen-bond donors (Lipinski definition) is 4. The Bertz CT molecular complexity index is 760. The van der Waals surface area contributed by atoms with Crippen molar-refractivity contribution in [2.75, 3.05) is 46.3 Å². The van der Waals surface area contributed by atoms with Gasteiger partial charge in [0.15, 0.2) is 0 Å². The number of rotatable bonds is 6. The average Bonchev–Trinajstić information content (AvgIpc) is 3.48. The molecule has 0 radical (unpaired) electrons. The van der Waals surface area contributed by atoms with Crippen molar-refractivity contribution in [3.05, 3.63) is 0 Å². The van der Waals surface area contributed by atoms with Gasteiger partial charge in [-0.3, -0.25) is 10.9 Å². The third-order valence-corrected chi connectivity index (χ3v) is 11.0. The fraction of sp³-hybridized carbons (Fsp3) is 1.00. The van der Waals surface area contributed by atoms with E-state index in [2.05, 4.69) is 42.7 Å². The predicted molar refractivity (Wildman–Crippen MR) is 131 cm³/mol. The smallest absolute Gasteiger partial charge is 0.217 e. The van der Waals surface area contributed by atoms with Crippen LogP contribution in [-0.4, -0.2) is 99.2 Å². The van der Waals surface area contributed by atoms with Gasteiger partial charge in [0.2, 0.25) is 10.0 Å². The number of sulfonamides is 1. The van der Waals surface area contributed by atoms with Crippen LogP contribution >= 0.6 is 0 Å². The summed E-state index contributed by atoms with van der Waals surface area (Å²) in [6, 6.07) is 0.872. The van der Waals surface area contributed by atoms with Gasteiger partial charge >= 0.3 is 0 Å². The van der Waals surface area contributed by atoms with E-state index in [0.29, 0.717) is 31.0 Å². The maximum atomic E-state index is 13.4. The molecule has 4 saturated heterocycles. The highest BCUT2D eigenvalue weighted by atomic mass is 32.2. The van der Waals surface area contributed by atoms with Crippen molar-refractivity contribution in [1.29, 1.82) is 0 Å². The monoisotopic (exact) mass is 483 g/mol. The molecule has 5 fully saturated rings. The van der Waals surface area contributed by atoms with E-state index < -0.39 is 15.3 Å². The Morgan fingerprint density at radius 2 is 1.82 bits per heavy atom. The van der Waals surface area contributed by atoms with Crippen LogP contribution in [-0.2, 0) is 10.0 Å². The van der Waals surface area contributed by atoms with Crippen LogP contribution in [0, 0.1) is 11.8 Å². The quantitative estimate of drug-likeness (QED) is 0.428. The molecule has 0 bridgehead atoms. The number of hydrogen-bond acceptors (Lipinski definition) is 8. The molecule has 1 saturated carbocycles. The number of nitrogens with one attached hydrogen (secondary N) is 4. The van der Waals surface area contributed by atoms with Crippen LogP contribution in [0.25, 0.3) is 0 Å². The molecule has 0 aromatic heterocycles. The molecule has 33 heavy (non-hydrogen) atoms. The first-order valence-corrected chi connectivity index (χ1v) is 14.9. The van der Waals surface area contributed by atoms with Gasteiger partial charge < -0.3 is 10.2 Å². The van der Waals surface area contributed by atoms with Crippen molar-refractivity contribution in [3.8, 4) is 0 Å². The van der Waals surface area contributed by atoms with Gasteiger partial charge in [0, 0.05) is 44.8 Å². The van der Waals surface area contributed by atoms with Gasteiger partial charge in [-0.2, -0.15) is 0 Å². The molecule has 10 heteroatoms. The number of likely N-dealkylation sites (N-methyl/N-ethyl adjacent to an activating group) is 1. The van der Waals surface area contributed by atoms with Crippen LogP contribution in [0.5, 0.6) is 0 Å². The van der Waals surface area contributed by atoms with Crippen molar-refractivity contribution in [3.63, 3.8) is 0 Å². The maximum Gasteiger partial charge on any atom is 0.217 e. The number of fused-ring (bicyclic) bond motifs is 1. The molecule has 9 nitrogen and oxygen atoms in total. The zero-order valence-corrected chi connectivity index (χ0v) is 21.3. The SMILES string of the molecule is C[C@H](C1CCNC(N2CC(S(=O)(=O)NC3CCCC4CNN(C)C43)CN2)C1)N1CCCCC1. The average molecular weight is 484 g/mol. The lowest BCUT2D eigenvalue weighted by molar-refractivity contribution is 0.0510. The number of nitrogens with zero attached hydrogens (tertiary/aromatic N) is 3. The van der Waals surface area contributed by atoms with E-state index in [1.54, 1.807) is 0 Å². The summed E-state index contributed by atoms with van der Waals surface area (Å²) in [5.74, 6) is 1.20. The number of likely N-dealkylation sites (tertiary alicyclic amines) is 1. The third kappa shape index (κ3) is 5.28. The van der Waals surface area contributed by atoms with Gasteiger partial charge in [-0.15, -0.1) is 0 Å². The second kappa shape index (κ2) is 10.3. The zero-order valence-electron chi connectivity index (χ0n) is 20.5. The highest BCUT2D eigenvalue weighted by Gasteiger charge is 2.44. The Morgan fingerprint density at radius 1 is 1.00 bits per heavy atom. The zero-order chi connectivity index (χ0) is 23.0. The predicted octanol–water partition coefficient (Wildman–Crippen LogP) is 0.282. The minimum Gasteiger partial charge on any atom is -0.301 e. The molecule has 6 unspecified atom stereocenters. The molecule has 7 atom stereocenters. The van der Waals surface area contributed by atoms with Gasteiger partial charge in [-0.1, -0.05) is 12.8 Å². The van der Waals surface area contributed by atoms with Crippen molar-refractivity contribution in [2.45, 2.75) is 87.8 Å². The standard InChI is InChI=1S/C23H45N7O2S/c1-17(29-11-4-3-5-12-29)18-9-10-24-22(13-18)30-16-20(15-26-30)33(31,32)27-21-8-6-7-19-14-25-28(2)23(19)21/h17-27H,3-16H2,1-2H3/t17-,18?,19?,20?,21?,22?,23?/m1/s1. The lowest BCUT2D eigenvalue weighted by Crippen LogP contribution is -2.56. The Balaban J connectivity index is 1.16. The van der Waals surface area contributed by atoms with Crippen LogP contribution in [0.2, 0.25) is 0 Å². The summed E-state index contributed by atoms with van der Waals surface area (Å²) in [5, 5.41) is 7.55. The summed E-state index contributed by atoms with van der Waals surface area (Å²) in [4.78, 5) is 2.68. The van der Waals surface area contributed by atoms with Crippen LogP contribution in [0.3, 0.4) is 0 Å². The molecular weight excluding hydrogens is 438 g/mol. The first kappa shape index (κ1) is 24.4. The summed E-state index contributed by atoms with van der Waals surface area (Å²) >= 11 is 0. The van der Waals surface area contributed by atoms with Gasteiger partial charge in [-0.25, -0.2) is 23.2 Å². The lowest BCUT2D eigenvalue weighted by atomic mass is 9.82. The van der Waals surface area contributed by atoms with E-state index >= 15 is 0 Å². The summed E-state index contributed by atoms with van der Waals surface area (Å²) in [5.41, 5.74) is 6.83. The Labute approximate surface area is 200 Å². The Hall–Kier alpha value is -0.330. The van der Waals surface area contributed by atoms with E-state index in [1.165, 1.54) is 45.2 Å². The molecule has 1 aliphatic carbocycles. The van der Waals surface area contributed by atoms with E-state index in [9.17, 15) is 8.42 Å². The fourth-order valence-electron chi connectivity index (χ4n) is 7.12. The summed E-state index contributed by atoms with van der Waals surface area (Å²) < 4.78 is 29.8. The molecule has 0 aromatic carbocycles. The number of hydrazine groups is 2. The molecule has 0 spiro atoms. The van der Waals surface area contributed by atoms with Crippen molar-refractivity contribution < 1.29 is 8.42 Å². The molecule has 0 aromatic rings. The second-order valence-corrected chi connectivity index (χ2v) is 13.1. The normalized spacial score (nSPS) is 40.7. The molecular formula is C23H45N7O2S. The minimum atomic E-state index is -3.38. The highest BCUT2D eigenvalue weighted by molar-refractivity contribution is 7.90. The van der Waals surface area contributed by atoms with Gasteiger partial charge in [0.1, 0.15) is 5.25 Å². The second-order valence-electron chi connectivity index (χ2n) is 11.2. The Morgan fingerprint density at radius 3 is 2.64 bits per heavy atom. The fourth-order valence-corrected chi connectivity index (χ4v) is 8.64. The molecule has 5 rings (SSSR count). The summed E-state index contributed by atoms with van der Waals surface area (Å²) in [6.07, 6.45) is 9.72. The minimum absolute atomic E-state index is 0.00498. The van der Waals surface area contributed by atoms with Crippen molar-refractivity contribution in [2.24, 2.45) is 11.8 Å². The molecule has 0 amide bonds. The van der Waals surface area contributed by atoms with Crippen LogP contribution in [0.4, 0.5) is 0 Å². The van der Waals surface area contributed by atoms with Crippen molar-refractivity contribution >= 4 is 10.0 Å². The summed E-state index contributed by atoms with van der Waals surface area (Å²) in [6.45, 7) is 7.88. The first-order valence-electron chi connectivity index (χ1n) is 13.4. The molecule has 190 valence electrons. The van der Waals surface area contributed by atoms with E-state index in [1.807, 2.05) is 7.05 Å². The van der Waals surface area contributed by atoms with Crippen LogP contribution in [0.1, 0.15) is 58.3 Å². The van der Waals surface area contributed by atoms with Gasteiger partial charge in [0.25, 0.3) is 0 Å². The van der Waals surface area contributed by atoms with E-state index in [-0.39, 0.29) is 18.2 Å². The first-order chi connectivity index (χ1) is 15.9. The Kier molecular flexibility index (Phi) is 7.64. The van der Waals surface area contributed by atoms with Crippen LogP contribution < -0.4 is 20.9 Å². The van der Waals surface area contributed by atoms with Crippen molar-refractivity contribution in [1.82, 2.24) is 35.8 Å². The topological polar surface area (TPSA) is 92.0 Å². The van der Waals surface area contributed by atoms with E-state index in [4.69, 9.17) is 0 Å². The van der Waals surface area contributed by atoms with Gasteiger partial charge in [-0.05, 0) is 76.9 Å². The van der Waals surface area contributed by atoms with Crippen LogP contribution in [0.15, 0.2) is 0 Å². The lowest BCUT2D eigenvalue weighted by Gasteiger charge is -2.42. The molecule has 4 N–H and O–H groups in total. The molecule has 4 heterocycles. The third-order valence-electron chi connectivity index (χ3n) is 9.16. The maximum absolute atomic E-state index is 13.4. The molecule has 5 aliphatic rings. The molecule has 4 aliphatic heterocycles. The number of piperidine rings is 2.